The fourth-order valence-electron chi connectivity index (χ4n) is 1.26. The van der Waals surface area contributed by atoms with Gasteiger partial charge in [0.25, 0.3) is 0 Å². The maximum absolute atomic E-state index is 4.25. The molecule has 0 N–H and O–H groups in total. The Labute approximate surface area is 71.2 Å². The maximum Gasteiger partial charge on any atom is 0.0999 e. The molecule has 0 aliphatic heterocycles. The number of allylic oxidation sites excluding steroid dienone is 1. The summed E-state index contributed by atoms with van der Waals surface area (Å²) in [6.07, 6.45) is 5.81. The zero-order valence-corrected chi connectivity index (χ0v) is 6.94. The van der Waals surface area contributed by atoms with Gasteiger partial charge in [-0.15, -0.1) is 0 Å². The van der Waals surface area contributed by atoms with Gasteiger partial charge in [-0.3, -0.25) is 0 Å². The number of imidazole rings is 1. The van der Waals surface area contributed by atoms with Gasteiger partial charge in [-0.1, -0.05) is 18.2 Å². The molecule has 2 aromatic rings. The van der Waals surface area contributed by atoms with Crippen LogP contribution in [-0.2, 0) is 0 Å². The van der Waals surface area contributed by atoms with Crippen molar-refractivity contribution in [2.75, 3.05) is 0 Å². The molecule has 0 atom stereocenters. The minimum Gasteiger partial charge on any atom is -0.306 e. The smallest absolute Gasteiger partial charge is 0.0999 e. The van der Waals surface area contributed by atoms with E-state index in [1.54, 1.807) is 0 Å². The number of nitrogens with zero attached hydrogens (tertiary/aromatic N) is 2. The Hall–Kier alpha value is -1.57. The molecule has 0 saturated carbocycles. The fraction of sp³-hybridized carbons (Fsp3) is 0.100. The normalized spacial score (nSPS) is 11.4. The first-order valence-corrected chi connectivity index (χ1v) is 3.96. The first-order valence-electron chi connectivity index (χ1n) is 3.96. The molecule has 0 amide bonds. The van der Waals surface area contributed by atoms with Crippen LogP contribution in [0.15, 0.2) is 36.7 Å². The van der Waals surface area contributed by atoms with Crippen molar-refractivity contribution < 1.29 is 0 Å². The third-order valence-electron chi connectivity index (χ3n) is 1.79. The Kier molecular flexibility index (Phi) is 1.67. The van der Waals surface area contributed by atoms with Gasteiger partial charge in [0, 0.05) is 6.20 Å². The second-order valence-corrected chi connectivity index (χ2v) is 2.62. The van der Waals surface area contributed by atoms with Crippen LogP contribution in [0.4, 0.5) is 0 Å². The zero-order chi connectivity index (χ0) is 8.39. The molecular weight excluding hydrogens is 148 g/mol. The van der Waals surface area contributed by atoms with Crippen molar-refractivity contribution >= 4 is 17.2 Å². The standard InChI is InChI=1S/C10H10N2/c1-2-7-12-8-11-9-5-3-4-6-10(9)12/h2-8H,1H3/b7-2+. The van der Waals surface area contributed by atoms with E-state index >= 15 is 0 Å². The molecule has 1 heterocycles. The van der Waals surface area contributed by atoms with Gasteiger partial charge in [0.15, 0.2) is 0 Å². The van der Waals surface area contributed by atoms with Crippen molar-refractivity contribution in [2.24, 2.45) is 0 Å². The summed E-state index contributed by atoms with van der Waals surface area (Å²) in [6.45, 7) is 1.99. The van der Waals surface area contributed by atoms with Gasteiger partial charge >= 0.3 is 0 Å². The third-order valence-corrected chi connectivity index (χ3v) is 1.79. The number of fused-ring (bicyclic) bond motifs is 1. The van der Waals surface area contributed by atoms with Gasteiger partial charge in [0.1, 0.15) is 0 Å². The number of hydrogen-bond donors (Lipinski definition) is 0. The summed E-state index contributed by atoms with van der Waals surface area (Å²) in [4.78, 5) is 4.25. The van der Waals surface area contributed by atoms with Crippen LogP contribution in [0.5, 0.6) is 0 Å². The van der Waals surface area contributed by atoms with Gasteiger partial charge in [-0.05, 0) is 19.1 Å². The van der Waals surface area contributed by atoms with Crippen LogP contribution in [0.3, 0.4) is 0 Å². The molecule has 0 bridgehead atoms. The summed E-state index contributed by atoms with van der Waals surface area (Å²) < 4.78 is 2.01. The molecule has 0 aliphatic carbocycles. The van der Waals surface area contributed by atoms with Gasteiger partial charge < -0.3 is 4.57 Å². The predicted molar refractivity (Wildman–Crippen MR) is 50.7 cm³/mol. The Morgan fingerprint density at radius 1 is 1.33 bits per heavy atom. The van der Waals surface area contributed by atoms with E-state index in [1.165, 1.54) is 0 Å². The predicted octanol–water partition coefficient (Wildman–Crippen LogP) is 2.53. The van der Waals surface area contributed by atoms with Gasteiger partial charge in [-0.2, -0.15) is 0 Å². The Balaban J connectivity index is 2.70. The van der Waals surface area contributed by atoms with Crippen molar-refractivity contribution in [3.8, 4) is 0 Å². The Bertz CT molecular complexity index is 412. The lowest BCUT2D eigenvalue weighted by Gasteiger charge is -1.93. The summed E-state index contributed by atoms with van der Waals surface area (Å²) in [5.41, 5.74) is 2.19. The summed E-state index contributed by atoms with van der Waals surface area (Å²) in [7, 11) is 0. The zero-order valence-electron chi connectivity index (χ0n) is 6.94. The molecule has 0 spiro atoms. The van der Waals surface area contributed by atoms with Crippen LogP contribution >= 0.6 is 0 Å². The SMILES string of the molecule is C/C=C/n1cnc2ccccc21. The van der Waals surface area contributed by atoms with Gasteiger partial charge in [-0.25, -0.2) is 4.98 Å². The molecular formula is C10H10N2. The van der Waals surface area contributed by atoms with Crippen molar-refractivity contribution in [3.63, 3.8) is 0 Å². The lowest BCUT2D eigenvalue weighted by Crippen LogP contribution is -1.80. The number of hydrogen-bond acceptors (Lipinski definition) is 1. The Morgan fingerprint density at radius 3 is 3.00 bits per heavy atom. The molecule has 2 rings (SSSR count). The summed E-state index contributed by atoms with van der Waals surface area (Å²) >= 11 is 0. The molecule has 60 valence electrons. The summed E-state index contributed by atoms with van der Waals surface area (Å²) in [5.74, 6) is 0. The van der Waals surface area contributed by atoms with E-state index in [0.717, 1.165) is 11.0 Å². The van der Waals surface area contributed by atoms with E-state index in [4.69, 9.17) is 0 Å². The lowest BCUT2D eigenvalue weighted by molar-refractivity contribution is 1.17. The molecule has 0 fully saturated rings. The lowest BCUT2D eigenvalue weighted by atomic mass is 10.3. The van der Waals surface area contributed by atoms with Crippen LogP contribution in [0, 0.1) is 0 Å². The molecule has 0 aliphatic rings. The largest absolute Gasteiger partial charge is 0.306 e. The van der Waals surface area contributed by atoms with Crippen LogP contribution < -0.4 is 0 Å². The highest BCUT2D eigenvalue weighted by Gasteiger charge is 1.95. The van der Waals surface area contributed by atoms with Gasteiger partial charge in [0.2, 0.25) is 0 Å². The van der Waals surface area contributed by atoms with E-state index in [-0.39, 0.29) is 0 Å². The van der Waals surface area contributed by atoms with Gasteiger partial charge in [0.05, 0.1) is 17.4 Å². The van der Waals surface area contributed by atoms with Crippen molar-refractivity contribution in [1.82, 2.24) is 9.55 Å². The van der Waals surface area contributed by atoms with E-state index in [1.807, 2.05) is 48.3 Å². The Morgan fingerprint density at radius 2 is 2.17 bits per heavy atom. The van der Waals surface area contributed by atoms with E-state index in [9.17, 15) is 0 Å². The number of rotatable bonds is 1. The van der Waals surface area contributed by atoms with E-state index < -0.39 is 0 Å². The molecule has 2 heteroatoms. The second kappa shape index (κ2) is 2.81. The second-order valence-electron chi connectivity index (χ2n) is 2.62. The molecule has 1 aromatic heterocycles. The quantitative estimate of drug-likeness (QED) is 0.623. The van der Waals surface area contributed by atoms with Crippen LogP contribution in [-0.4, -0.2) is 9.55 Å². The van der Waals surface area contributed by atoms with Crippen LogP contribution in [0.25, 0.3) is 17.2 Å². The molecule has 0 radical (unpaired) electrons. The molecule has 2 nitrogen and oxygen atoms in total. The number of benzene rings is 1. The number of para-hydroxylation sites is 2. The maximum atomic E-state index is 4.25. The highest BCUT2D eigenvalue weighted by Crippen LogP contribution is 2.11. The number of aromatic nitrogens is 2. The molecule has 0 unspecified atom stereocenters. The third kappa shape index (κ3) is 1.01. The van der Waals surface area contributed by atoms with E-state index in [0.29, 0.717) is 0 Å². The fourth-order valence-corrected chi connectivity index (χ4v) is 1.26. The monoisotopic (exact) mass is 158 g/mol. The highest BCUT2D eigenvalue weighted by molar-refractivity contribution is 5.77. The first kappa shape index (κ1) is 7.10. The highest BCUT2D eigenvalue weighted by atomic mass is 15.0. The molecule has 0 saturated heterocycles. The van der Waals surface area contributed by atoms with Crippen LogP contribution in [0.1, 0.15) is 6.92 Å². The van der Waals surface area contributed by atoms with Crippen molar-refractivity contribution in [1.29, 1.82) is 0 Å². The average Bonchev–Trinajstić information content (AvgIpc) is 2.50. The van der Waals surface area contributed by atoms with Crippen LogP contribution in [0.2, 0.25) is 0 Å². The summed E-state index contributed by atoms with van der Waals surface area (Å²) in [5, 5.41) is 0. The topological polar surface area (TPSA) is 17.8 Å². The first-order chi connectivity index (χ1) is 5.92. The summed E-state index contributed by atoms with van der Waals surface area (Å²) in [6, 6.07) is 8.08. The molecule has 12 heavy (non-hydrogen) atoms. The van der Waals surface area contributed by atoms with E-state index in [2.05, 4.69) is 11.1 Å². The minimum atomic E-state index is 1.04. The minimum absolute atomic E-state index is 1.04. The van der Waals surface area contributed by atoms with Crippen molar-refractivity contribution in [3.05, 3.63) is 36.7 Å². The van der Waals surface area contributed by atoms with Crippen molar-refractivity contribution in [2.45, 2.75) is 6.92 Å². The average molecular weight is 158 g/mol. The molecule has 1 aromatic carbocycles.